The van der Waals surface area contributed by atoms with E-state index in [-0.39, 0.29) is 29.2 Å². The molecule has 0 atom stereocenters. The summed E-state index contributed by atoms with van der Waals surface area (Å²) in [4.78, 5) is 13.5. The Labute approximate surface area is 271 Å². The van der Waals surface area contributed by atoms with Gasteiger partial charge in [0.05, 0.1) is 34.2 Å². The summed E-state index contributed by atoms with van der Waals surface area (Å²) in [5.74, 6) is 0.678. The number of alkyl halides is 6. The molecule has 0 aliphatic carbocycles. The molecule has 1 heterocycles. The number of nitrogens with zero attached hydrogens (tertiary/aromatic N) is 4. The summed E-state index contributed by atoms with van der Waals surface area (Å²) in [7, 11) is 0. The standard InChI is InChI=1S/C35H39ClF6N4/c1-6-23-16-26(9-4)32(30(36)17-23)44-33(27-18-28(34(37,38)39)20-29(19-27)35(40,41)42)46-15-11-14-45(21-46)22(5)43-31-24(7-2)12-10-13-25(31)8-3/h10,12-13,16-20H,6-9,11,14-15,21H2,1-5H3/b43-22+,44-33+. The van der Waals surface area contributed by atoms with E-state index in [9.17, 15) is 26.3 Å². The second-order valence-corrected chi connectivity index (χ2v) is 11.7. The third kappa shape index (κ3) is 8.06. The van der Waals surface area contributed by atoms with E-state index in [1.807, 2.05) is 49.9 Å². The van der Waals surface area contributed by atoms with Gasteiger partial charge in [-0.3, -0.25) is 0 Å². The van der Waals surface area contributed by atoms with E-state index in [4.69, 9.17) is 21.6 Å². The highest BCUT2D eigenvalue weighted by Crippen LogP contribution is 2.38. The quantitative estimate of drug-likeness (QED) is 0.143. The molecule has 0 spiro atoms. The lowest BCUT2D eigenvalue weighted by Crippen LogP contribution is -2.49. The molecule has 1 saturated heterocycles. The third-order valence-corrected chi connectivity index (χ3v) is 8.54. The molecule has 0 unspecified atom stereocenters. The van der Waals surface area contributed by atoms with Crippen LogP contribution in [-0.4, -0.2) is 41.2 Å². The molecular weight excluding hydrogens is 626 g/mol. The van der Waals surface area contributed by atoms with Crippen molar-refractivity contribution in [3.05, 3.63) is 92.5 Å². The molecule has 0 amide bonds. The molecule has 0 radical (unpaired) electrons. The zero-order chi connectivity index (χ0) is 33.8. The Balaban J connectivity index is 1.89. The minimum atomic E-state index is -5.00. The Bertz CT molecular complexity index is 1560. The number of aliphatic imine (C=N–C) groups is 2. The fraction of sp³-hybridized carbons (Fsp3) is 0.429. The second kappa shape index (κ2) is 14.5. The Kier molecular flexibility index (Phi) is 11.1. The maximum absolute atomic E-state index is 14.0. The number of benzene rings is 3. The van der Waals surface area contributed by atoms with Gasteiger partial charge in [0.1, 0.15) is 11.7 Å². The number of aryl methyl sites for hydroxylation is 4. The van der Waals surface area contributed by atoms with Crippen molar-refractivity contribution in [2.45, 2.75) is 79.1 Å². The smallest absolute Gasteiger partial charge is 0.342 e. The minimum absolute atomic E-state index is 0.0156. The van der Waals surface area contributed by atoms with Crippen LogP contribution in [0.25, 0.3) is 0 Å². The van der Waals surface area contributed by atoms with Crippen molar-refractivity contribution in [3.8, 4) is 0 Å². The molecule has 0 N–H and O–H groups in total. The van der Waals surface area contributed by atoms with Crippen LogP contribution in [0.1, 0.15) is 80.0 Å². The highest BCUT2D eigenvalue weighted by Gasteiger charge is 2.38. The topological polar surface area (TPSA) is 31.2 Å². The molecule has 1 fully saturated rings. The van der Waals surface area contributed by atoms with Gasteiger partial charge in [-0.1, -0.05) is 63.6 Å². The lowest BCUT2D eigenvalue weighted by molar-refractivity contribution is -0.143. The van der Waals surface area contributed by atoms with Gasteiger partial charge in [-0.05, 0) is 85.5 Å². The molecular formula is C35H39ClF6N4. The van der Waals surface area contributed by atoms with Gasteiger partial charge in [-0.25, -0.2) is 9.98 Å². The van der Waals surface area contributed by atoms with Gasteiger partial charge in [-0.2, -0.15) is 26.3 Å². The normalized spacial score (nSPS) is 15.1. The zero-order valence-corrected chi connectivity index (χ0v) is 27.5. The summed E-state index contributed by atoms with van der Waals surface area (Å²) < 4.78 is 83.8. The highest BCUT2D eigenvalue weighted by molar-refractivity contribution is 6.33. The summed E-state index contributed by atoms with van der Waals surface area (Å²) in [5, 5.41) is 0.284. The summed E-state index contributed by atoms with van der Waals surface area (Å²) in [6, 6.07) is 11.3. The molecule has 11 heteroatoms. The summed E-state index contributed by atoms with van der Waals surface area (Å²) >= 11 is 6.68. The maximum Gasteiger partial charge on any atom is 0.416 e. The molecule has 0 aromatic heterocycles. The van der Waals surface area contributed by atoms with E-state index >= 15 is 0 Å². The van der Waals surface area contributed by atoms with Gasteiger partial charge in [0.25, 0.3) is 0 Å². The van der Waals surface area contributed by atoms with Crippen LogP contribution in [-0.2, 0) is 38.0 Å². The monoisotopic (exact) mass is 664 g/mol. The van der Waals surface area contributed by atoms with E-state index in [0.29, 0.717) is 43.9 Å². The van der Waals surface area contributed by atoms with Crippen LogP contribution in [0, 0.1) is 0 Å². The lowest BCUT2D eigenvalue weighted by Gasteiger charge is -2.39. The zero-order valence-electron chi connectivity index (χ0n) is 26.7. The second-order valence-electron chi connectivity index (χ2n) is 11.3. The Morgan fingerprint density at radius 2 is 1.28 bits per heavy atom. The molecule has 3 aromatic rings. The Hall–Kier alpha value is -3.53. The van der Waals surface area contributed by atoms with Crippen LogP contribution in [0.4, 0.5) is 37.7 Å². The summed E-state index contributed by atoms with van der Waals surface area (Å²) in [5.41, 5.74) is 2.02. The molecule has 4 rings (SSSR count). The molecule has 1 aliphatic rings. The van der Waals surface area contributed by atoms with E-state index in [0.717, 1.165) is 52.9 Å². The van der Waals surface area contributed by atoms with Crippen molar-refractivity contribution >= 4 is 34.6 Å². The van der Waals surface area contributed by atoms with Gasteiger partial charge in [0, 0.05) is 18.7 Å². The van der Waals surface area contributed by atoms with Crippen molar-refractivity contribution in [1.82, 2.24) is 9.80 Å². The molecule has 0 saturated carbocycles. The first-order chi connectivity index (χ1) is 21.7. The van der Waals surface area contributed by atoms with Gasteiger partial charge in [-0.15, -0.1) is 0 Å². The first-order valence-electron chi connectivity index (χ1n) is 15.6. The van der Waals surface area contributed by atoms with Gasteiger partial charge in [0.2, 0.25) is 0 Å². The fourth-order valence-corrected chi connectivity index (χ4v) is 5.96. The average molecular weight is 665 g/mol. The van der Waals surface area contributed by atoms with E-state index in [2.05, 4.69) is 13.8 Å². The Morgan fingerprint density at radius 3 is 1.80 bits per heavy atom. The summed E-state index contributed by atoms with van der Waals surface area (Å²) in [6.07, 6.45) is -6.63. The molecule has 3 aromatic carbocycles. The number of hydrogen-bond donors (Lipinski definition) is 0. The predicted octanol–water partition coefficient (Wildman–Crippen LogP) is 10.4. The number of rotatable bonds is 7. The molecule has 248 valence electrons. The van der Waals surface area contributed by atoms with Crippen molar-refractivity contribution in [2.24, 2.45) is 9.98 Å². The van der Waals surface area contributed by atoms with Gasteiger partial charge < -0.3 is 9.80 Å². The molecule has 1 aliphatic heterocycles. The first-order valence-corrected chi connectivity index (χ1v) is 15.9. The van der Waals surface area contributed by atoms with E-state index < -0.39 is 23.5 Å². The highest BCUT2D eigenvalue weighted by atomic mass is 35.5. The maximum atomic E-state index is 14.0. The van der Waals surface area contributed by atoms with Crippen LogP contribution in [0.5, 0.6) is 0 Å². The van der Waals surface area contributed by atoms with Crippen molar-refractivity contribution < 1.29 is 26.3 Å². The van der Waals surface area contributed by atoms with E-state index in [1.165, 1.54) is 0 Å². The number of hydrogen-bond acceptors (Lipinski definition) is 2. The van der Waals surface area contributed by atoms with Crippen LogP contribution in [0.15, 0.2) is 58.5 Å². The summed E-state index contributed by atoms with van der Waals surface area (Å²) in [6.45, 7) is 11.0. The van der Waals surface area contributed by atoms with Crippen LogP contribution < -0.4 is 0 Å². The SMILES string of the molecule is CCc1cc(Cl)c(/N=C(\c2cc(C(F)(F)F)cc(C(F)(F)F)c2)N2CCCN(/C(C)=N/c3c(CC)cccc3CC)C2)c(CC)c1. The number of halogens is 7. The van der Waals surface area contributed by atoms with Crippen molar-refractivity contribution in [2.75, 3.05) is 19.8 Å². The van der Waals surface area contributed by atoms with Crippen molar-refractivity contribution in [3.63, 3.8) is 0 Å². The van der Waals surface area contributed by atoms with Crippen molar-refractivity contribution in [1.29, 1.82) is 0 Å². The molecule has 0 bridgehead atoms. The fourth-order valence-electron chi connectivity index (χ4n) is 5.65. The van der Waals surface area contributed by atoms with Gasteiger partial charge >= 0.3 is 12.4 Å². The number of para-hydroxylation sites is 1. The predicted molar refractivity (Wildman–Crippen MR) is 174 cm³/mol. The minimum Gasteiger partial charge on any atom is -0.342 e. The van der Waals surface area contributed by atoms with Crippen LogP contribution >= 0.6 is 11.6 Å². The Morgan fingerprint density at radius 1 is 0.717 bits per heavy atom. The van der Waals surface area contributed by atoms with Crippen LogP contribution in [0.3, 0.4) is 0 Å². The largest absolute Gasteiger partial charge is 0.416 e. The average Bonchev–Trinajstić information content (AvgIpc) is 3.02. The molecule has 4 nitrogen and oxygen atoms in total. The van der Waals surface area contributed by atoms with E-state index in [1.54, 1.807) is 11.0 Å². The first kappa shape index (κ1) is 35.3. The number of amidine groups is 2. The molecule has 46 heavy (non-hydrogen) atoms. The van der Waals surface area contributed by atoms with Gasteiger partial charge in [0.15, 0.2) is 0 Å². The third-order valence-electron chi connectivity index (χ3n) is 8.25. The lowest BCUT2D eigenvalue weighted by atomic mass is 10.0. The van der Waals surface area contributed by atoms with Crippen LogP contribution in [0.2, 0.25) is 5.02 Å².